The molecule has 0 unspecified atom stereocenters. The number of allylic oxidation sites excluding steroid dienone is 1. The van der Waals surface area contributed by atoms with Gasteiger partial charge in [0.1, 0.15) is 5.75 Å². The van der Waals surface area contributed by atoms with E-state index in [9.17, 15) is 4.79 Å². The van der Waals surface area contributed by atoms with Gasteiger partial charge in [0.2, 0.25) is 0 Å². The van der Waals surface area contributed by atoms with Crippen molar-refractivity contribution in [3.05, 3.63) is 35.4 Å². The molecule has 0 amide bonds. The van der Waals surface area contributed by atoms with Crippen LogP contribution < -0.4 is 4.74 Å². The lowest BCUT2D eigenvalue weighted by Crippen LogP contribution is -2.31. The molecule has 2 rings (SSSR count). The topological polar surface area (TPSA) is 29.5 Å². The maximum absolute atomic E-state index is 12.5. The zero-order chi connectivity index (χ0) is 14.5. The second kappa shape index (κ2) is 6.71. The molecule has 1 fully saturated rings. The highest BCUT2D eigenvalue weighted by Gasteiger charge is 2.26. The van der Waals surface area contributed by atoms with Gasteiger partial charge in [0.25, 0.3) is 0 Å². The summed E-state index contributed by atoms with van der Waals surface area (Å²) in [7, 11) is 5.70. The first-order chi connectivity index (χ1) is 9.60. The zero-order valence-corrected chi connectivity index (χ0v) is 12.6. The molecule has 0 N–H and O–H groups in total. The first-order valence-corrected chi connectivity index (χ1v) is 7.13. The Labute approximate surface area is 121 Å². The molecule has 0 radical (unpaired) electrons. The predicted molar refractivity (Wildman–Crippen MR) is 81.9 cm³/mol. The van der Waals surface area contributed by atoms with E-state index in [1.54, 1.807) is 7.11 Å². The van der Waals surface area contributed by atoms with Crippen molar-refractivity contribution < 1.29 is 9.53 Å². The van der Waals surface area contributed by atoms with E-state index in [0.717, 1.165) is 42.7 Å². The quantitative estimate of drug-likeness (QED) is 0.790. The Morgan fingerprint density at radius 2 is 2.00 bits per heavy atom. The minimum Gasteiger partial charge on any atom is -0.497 e. The highest BCUT2D eigenvalue weighted by molar-refractivity contribution is 6.01. The Kier molecular flexibility index (Phi) is 4.96. The number of methoxy groups -OCH3 is 1. The third-order valence-electron chi connectivity index (χ3n) is 3.73. The maximum Gasteiger partial charge on any atom is 0.163 e. The molecule has 3 nitrogen and oxygen atoms in total. The van der Waals surface area contributed by atoms with E-state index in [0.29, 0.717) is 5.78 Å². The molecule has 1 aromatic carbocycles. The van der Waals surface area contributed by atoms with Crippen LogP contribution in [-0.4, -0.2) is 38.4 Å². The summed E-state index contributed by atoms with van der Waals surface area (Å²) in [6.45, 7) is 0.846. The first-order valence-electron chi connectivity index (χ1n) is 7.13. The predicted octanol–water partition coefficient (Wildman–Crippen LogP) is 3.01. The highest BCUT2D eigenvalue weighted by atomic mass is 16.5. The summed E-state index contributed by atoms with van der Waals surface area (Å²) in [5, 5.41) is 0. The van der Waals surface area contributed by atoms with E-state index in [4.69, 9.17) is 4.74 Å². The summed E-state index contributed by atoms with van der Waals surface area (Å²) >= 11 is 0. The number of carbonyl (C=O) groups excluding carboxylic acids is 1. The van der Waals surface area contributed by atoms with Crippen molar-refractivity contribution in [1.29, 1.82) is 0 Å². The van der Waals surface area contributed by atoms with Gasteiger partial charge >= 0.3 is 0 Å². The number of hydrogen-bond donors (Lipinski definition) is 0. The molecular formula is C17H23NO2. The molecule has 1 aliphatic rings. The number of Topliss-reactive ketones (excluding diaryl/α,β-unsaturated/α-hetero) is 1. The van der Waals surface area contributed by atoms with Crippen LogP contribution in [0.3, 0.4) is 0 Å². The molecule has 1 saturated carbocycles. The van der Waals surface area contributed by atoms with E-state index >= 15 is 0 Å². The van der Waals surface area contributed by atoms with E-state index < -0.39 is 0 Å². The monoisotopic (exact) mass is 273 g/mol. The summed E-state index contributed by atoms with van der Waals surface area (Å²) in [5.74, 6) is 1.32. The van der Waals surface area contributed by atoms with Gasteiger partial charge in [-0.15, -0.1) is 0 Å². The lowest BCUT2D eigenvalue weighted by atomic mass is 9.83. The normalized spacial score (nSPS) is 21.5. The van der Waals surface area contributed by atoms with Gasteiger partial charge in [0.05, 0.1) is 7.11 Å². The average molecular weight is 273 g/mol. The van der Waals surface area contributed by atoms with Gasteiger partial charge < -0.3 is 9.64 Å². The third kappa shape index (κ3) is 3.70. The van der Waals surface area contributed by atoms with Gasteiger partial charge in [-0.3, -0.25) is 4.79 Å². The second-order valence-electron chi connectivity index (χ2n) is 5.66. The standard InChI is InChI=1S/C17H23NO2/c1-18(2)12-15-6-4-5-14(17(15)19)11-13-7-9-16(20-3)10-8-13/h7-11,15H,4-6,12H2,1-3H3/b14-11+/t15-/m0/s1. The molecule has 0 spiro atoms. The molecule has 1 aliphatic carbocycles. The molecule has 20 heavy (non-hydrogen) atoms. The SMILES string of the molecule is COc1ccc(/C=C2\CCC[C@@H](CN(C)C)C2=O)cc1. The van der Waals surface area contributed by atoms with Crippen molar-refractivity contribution in [3.8, 4) is 5.75 Å². The molecule has 0 saturated heterocycles. The molecule has 1 aromatic rings. The minimum absolute atomic E-state index is 0.156. The Morgan fingerprint density at radius 1 is 1.30 bits per heavy atom. The number of carbonyl (C=O) groups is 1. The van der Waals surface area contributed by atoms with Crippen LogP contribution in [0.15, 0.2) is 29.8 Å². The number of rotatable bonds is 4. The van der Waals surface area contributed by atoms with Gasteiger partial charge in [0.15, 0.2) is 5.78 Å². The highest BCUT2D eigenvalue weighted by Crippen LogP contribution is 2.27. The van der Waals surface area contributed by atoms with Crippen molar-refractivity contribution in [1.82, 2.24) is 4.90 Å². The number of ether oxygens (including phenoxy) is 1. The van der Waals surface area contributed by atoms with Crippen LogP contribution >= 0.6 is 0 Å². The van der Waals surface area contributed by atoms with E-state index in [1.807, 2.05) is 44.4 Å². The Hall–Kier alpha value is -1.61. The first kappa shape index (κ1) is 14.8. The summed E-state index contributed by atoms with van der Waals surface area (Å²) in [5.41, 5.74) is 2.04. The van der Waals surface area contributed by atoms with Gasteiger partial charge in [0, 0.05) is 12.5 Å². The van der Waals surface area contributed by atoms with Crippen molar-refractivity contribution in [2.45, 2.75) is 19.3 Å². The fraction of sp³-hybridized carbons (Fsp3) is 0.471. The summed E-state index contributed by atoms with van der Waals surface area (Å²) in [6, 6.07) is 7.84. The Morgan fingerprint density at radius 3 is 2.60 bits per heavy atom. The fourth-order valence-electron chi connectivity index (χ4n) is 2.71. The van der Waals surface area contributed by atoms with Crippen LogP contribution in [0.2, 0.25) is 0 Å². The largest absolute Gasteiger partial charge is 0.497 e. The lowest BCUT2D eigenvalue weighted by molar-refractivity contribution is -0.120. The Balaban J connectivity index is 2.13. The van der Waals surface area contributed by atoms with Crippen LogP contribution in [0.4, 0.5) is 0 Å². The maximum atomic E-state index is 12.5. The van der Waals surface area contributed by atoms with Gasteiger partial charge in [-0.1, -0.05) is 12.1 Å². The number of ketones is 1. The van der Waals surface area contributed by atoms with E-state index in [-0.39, 0.29) is 5.92 Å². The van der Waals surface area contributed by atoms with Crippen molar-refractivity contribution >= 4 is 11.9 Å². The van der Waals surface area contributed by atoms with Crippen LogP contribution in [0, 0.1) is 5.92 Å². The van der Waals surface area contributed by atoms with Crippen LogP contribution in [0.5, 0.6) is 5.75 Å². The van der Waals surface area contributed by atoms with Gasteiger partial charge in [-0.25, -0.2) is 0 Å². The van der Waals surface area contributed by atoms with Crippen LogP contribution in [0.25, 0.3) is 6.08 Å². The molecule has 1 atom stereocenters. The van der Waals surface area contributed by atoms with Crippen LogP contribution in [0.1, 0.15) is 24.8 Å². The van der Waals surface area contributed by atoms with Crippen molar-refractivity contribution in [2.24, 2.45) is 5.92 Å². The smallest absolute Gasteiger partial charge is 0.163 e. The van der Waals surface area contributed by atoms with Crippen molar-refractivity contribution in [2.75, 3.05) is 27.7 Å². The van der Waals surface area contributed by atoms with E-state index in [1.165, 1.54) is 0 Å². The molecule has 0 bridgehead atoms. The Bertz CT molecular complexity index is 488. The number of nitrogens with zero attached hydrogens (tertiary/aromatic N) is 1. The molecule has 0 aromatic heterocycles. The molecule has 108 valence electrons. The minimum atomic E-state index is 0.156. The molecule has 0 aliphatic heterocycles. The second-order valence-corrected chi connectivity index (χ2v) is 5.66. The summed E-state index contributed by atoms with van der Waals surface area (Å²) < 4.78 is 5.15. The van der Waals surface area contributed by atoms with Gasteiger partial charge in [-0.05, 0) is 62.7 Å². The number of hydrogen-bond acceptors (Lipinski definition) is 3. The summed E-state index contributed by atoms with van der Waals surface area (Å²) in [4.78, 5) is 14.6. The molecule has 0 heterocycles. The van der Waals surface area contributed by atoms with Gasteiger partial charge in [-0.2, -0.15) is 0 Å². The number of benzene rings is 1. The third-order valence-corrected chi connectivity index (χ3v) is 3.73. The van der Waals surface area contributed by atoms with Crippen LogP contribution in [-0.2, 0) is 4.79 Å². The average Bonchev–Trinajstić information content (AvgIpc) is 2.43. The van der Waals surface area contributed by atoms with E-state index in [2.05, 4.69) is 4.90 Å². The summed E-state index contributed by atoms with van der Waals surface area (Å²) in [6.07, 6.45) is 5.04. The lowest BCUT2D eigenvalue weighted by Gasteiger charge is -2.25. The fourth-order valence-corrected chi connectivity index (χ4v) is 2.71. The van der Waals surface area contributed by atoms with Crippen molar-refractivity contribution in [3.63, 3.8) is 0 Å². The molecular weight excluding hydrogens is 250 g/mol. The molecule has 3 heteroatoms. The zero-order valence-electron chi connectivity index (χ0n) is 12.6.